The SMILES string of the molecule is Nc1cncc(Oc2cc(Cl)c(Cl)cc2[N+](=O)[O-])c1. The maximum atomic E-state index is 10.9. The molecule has 0 bridgehead atoms. The lowest BCUT2D eigenvalue weighted by Crippen LogP contribution is -1.95. The van der Waals surface area contributed by atoms with Gasteiger partial charge in [0.05, 0.1) is 33.0 Å². The molecule has 0 spiro atoms. The third-order valence-electron chi connectivity index (χ3n) is 2.16. The second kappa shape index (κ2) is 5.29. The van der Waals surface area contributed by atoms with Crippen molar-refractivity contribution in [2.45, 2.75) is 0 Å². The van der Waals surface area contributed by atoms with Gasteiger partial charge in [-0.05, 0) is 0 Å². The number of nitro groups is 1. The summed E-state index contributed by atoms with van der Waals surface area (Å²) in [5, 5.41) is 11.2. The first kappa shape index (κ1) is 13.4. The van der Waals surface area contributed by atoms with Crippen molar-refractivity contribution in [2.24, 2.45) is 0 Å². The number of halogens is 2. The summed E-state index contributed by atoms with van der Waals surface area (Å²) >= 11 is 11.5. The Labute approximate surface area is 117 Å². The molecular weight excluding hydrogens is 293 g/mol. The summed E-state index contributed by atoms with van der Waals surface area (Å²) in [5.41, 5.74) is 5.62. The van der Waals surface area contributed by atoms with Gasteiger partial charge in [-0.25, -0.2) is 0 Å². The molecule has 1 aromatic carbocycles. The molecule has 0 unspecified atom stereocenters. The van der Waals surface area contributed by atoms with E-state index in [1.165, 1.54) is 24.5 Å². The van der Waals surface area contributed by atoms with E-state index in [4.69, 9.17) is 33.7 Å². The molecule has 1 heterocycles. The van der Waals surface area contributed by atoms with Gasteiger partial charge in [-0.2, -0.15) is 0 Å². The van der Waals surface area contributed by atoms with Crippen molar-refractivity contribution in [1.29, 1.82) is 0 Å². The summed E-state index contributed by atoms with van der Waals surface area (Å²) in [6.07, 6.45) is 2.80. The third-order valence-corrected chi connectivity index (χ3v) is 2.88. The summed E-state index contributed by atoms with van der Waals surface area (Å²) in [6, 6.07) is 3.88. The summed E-state index contributed by atoms with van der Waals surface area (Å²) in [5.74, 6) is 0.230. The molecule has 0 aliphatic heterocycles. The Morgan fingerprint density at radius 3 is 2.53 bits per heavy atom. The number of nitrogen functional groups attached to an aromatic ring is 1. The molecule has 0 atom stereocenters. The highest BCUT2D eigenvalue weighted by molar-refractivity contribution is 6.42. The number of pyridine rings is 1. The van der Waals surface area contributed by atoms with Crippen molar-refractivity contribution in [3.8, 4) is 11.5 Å². The van der Waals surface area contributed by atoms with Crippen molar-refractivity contribution < 1.29 is 9.66 Å². The van der Waals surface area contributed by atoms with Crippen LogP contribution in [0.5, 0.6) is 11.5 Å². The van der Waals surface area contributed by atoms with Crippen molar-refractivity contribution in [3.05, 3.63) is 50.8 Å². The normalized spacial score (nSPS) is 10.2. The van der Waals surface area contributed by atoms with Crippen LogP contribution in [0.2, 0.25) is 10.0 Å². The first-order valence-corrected chi connectivity index (χ1v) is 5.75. The van der Waals surface area contributed by atoms with E-state index >= 15 is 0 Å². The highest BCUT2D eigenvalue weighted by atomic mass is 35.5. The number of benzene rings is 1. The standard InChI is InChI=1S/C11H7Cl2N3O3/c12-8-2-10(16(17)18)11(3-9(8)13)19-7-1-6(14)4-15-5-7/h1-5H,14H2. The zero-order chi connectivity index (χ0) is 14.0. The molecule has 0 aliphatic carbocycles. The minimum Gasteiger partial charge on any atom is -0.448 e. The Morgan fingerprint density at radius 1 is 1.21 bits per heavy atom. The van der Waals surface area contributed by atoms with Crippen LogP contribution in [0, 0.1) is 10.1 Å². The molecule has 19 heavy (non-hydrogen) atoms. The maximum absolute atomic E-state index is 10.9. The molecule has 0 saturated carbocycles. The molecule has 2 N–H and O–H groups in total. The topological polar surface area (TPSA) is 91.3 Å². The largest absolute Gasteiger partial charge is 0.448 e. The number of rotatable bonds is 3. The first-order valence-electron chi connectivity index (χ1n) is 4.99. The Balaban J connectivity index is 2.44. The highest BCUT2D eigenvalue weighted by Gasteiger charge is 2.19. The summed E-state index contributed by atoms with van der Waals surface area (Å²) in [4.78, 5) is 14.1. The third kappa shape index (κ3) is 3.04. The van der Waals surface area contributed by atoms with Crippen molar-refractivity contribution in [1.82, 2.24) is 4.98 Å². The fourth-order valence-electron chi connectivity index (χ4n) is 1.36. The van der Waals surface area contributed by atoms with Crippen LogP contribution < -0.4 is 10.5 Å². The number of hydrogen-bond acceptors (Lipinski definition) is 5. The Morgan fingerprint density at radius 2 is 1.89 bits per heavy atom. The zero-order valence-electron chi connectivity index (χ0n) is 9.34. The predicted octanol–water partition coefficient (Wildman–Crippen LogP) is 3.67. The Kier molecular flexibility index (Phi) is 3.73. The highest BCUT2D eigenvalue weighted by Crippen LogP contribution is 2.38. The first-order chi connectivity index (χ1) is 8.97. The average molecular weight is 300 g/mol. The van der Waals surface area contributed by atoms with Crippen molar-refractivity contribution in [3.63, 3.8) is 0 Å². The van der Waals surface area contributed by atoms with Crippen LogP contribution in [0.4, 0.5) is 11.4 Å². The molecule has 2 aromatic rings. The molecular formula is C11H7Cl2N3O3. The molecule has 6 nitrogen and oxygen atoms in total. The predicted molar refractivity (Wildman–Crippen MR) is 71.8 cm³/mol. The zero-order valence-corrected chi connectivity index (χ0v) is 10.9. The summed E-state index contributed by atoms with van der Waals surface area (Å²) < 4.78 is 5.36. The fraction of sp³-hybridized carbons (Fsp3) is 0. The van der Waals surface area contributed by atoms with E-state index in [0.717, 1.165) is 6.07 Å². The summed E-state index contributed by atoms with van der Waals surface area (Å²) in [7, 11) is 0. The maximum Gasteiger partial charge on any atom is 0.313 e. The van der Waals surface area contributed by atoms with E-state index in [1.54, 1.807) is 0 Å². The van der Waals surface area contributed by atoms with Crippen LogP contribution in [0.1, 0.15) is 0 Å². The molecule has 1 aromatic heterocycles. The second-order valence-corrected chi connectivity index (χ2v) is 4.36. The van der Waals surface area contributed by atoms with Gasteiger partial charge in [0.1, 0.15) is 5.75 Å². The van der Waals surface area contributed by atoms with Gasteiger partial charge in [0.15, 0.2) is 0 Å². The minimum atomic E-state index is -0.614. The van der Waals surface area contributed by atoms with E-state index < -0.39 is 4.92 Å². The monoisotopic (exact) mass is 299 g/mol. The van der Waals surface area contributed by atoms with Gasteiger partial charge < -0.3 is 10.5 Å². The van der Waals surface area contributed by atoms with Gasteiger partial charge in [0, 0.05) is 18.2 Å². The Hall–Kier alpha value is -2.05. The molecule has 0 aliphatic rings. The lowest BCUT2D eigenvalue weighted by Gasteiger charge is -2.07. The van der Waals surface area contributed by atoms with Gasteiger partial charge in [-0.1, -0.05) is 23.2 Å². The van der Waals surface area contributed by atoms with Gasteiger partial charge >= 0.3 is 5.69 Å². The lowest BCUT2D eigenvalue weighted by atomic mass is 10.3. The molecule has 0 amide bonds. The molecule has 2 rings (SSSR count). The number of ether oxygens (including phenoxy) is 1. The van der Waals surface area contributed by atoms with Crippen LogP contribution in [0.3, 0.4) is 0 Å². The minimum absolute atomic E-state index is 0.0354. The van der Waals surface area contributed by atoms with Crippen LogP contribution in [0.15, 0.2) is 30.6 Å². The van der Waals surface area contributed by atoms with E-state index in [1.807, 2.05) is 0 Å². The number of nitro benzene ring substituents is 1. The van der Waals surface area contributed by atoms with E-state index in [9.17, 15) is 10.1 Å². The number of nitrogens with two attached hydrogens (primary N) is 1. The smallest absolute Gasteiger partial charge is 0.313 e. The molecule has 0 fully saturated rings. The van der Waals surface area contributed by atoms with Gasteiger partial charge in [-0.3, -0.25) is 15.1 Å². The number of anilines is 1. The molecule has 8 heteroatoms. The van der Waals surface area contributed by atoms with E-state index in [0.29, 0.717) is 5.69 Å². The lowest BCUT2D eigenvalue weighted by molar-refractivity contribution is -0.385. The number of hydrogen-bond donors (Lipinski definition) is 1. The quantitative estimate of drug-likeness (QED) is 0.689. The van der Waals surface area contributed by atoms with Crippen LogP contribution in [-0.2, 0) is 0 Å². The molecule has 0 radical (unpaired) electrons. The molecule has 0 saturated heterocycles. The van der Waals surface area contributed by atoms with Gasteiger partial charge in [-0.15, -0.1) is 0 Å². The van der Waals surface area contributed by atoms with Gasteiger partial charge in [0.25, 0.3) is 0 Å². The van der Waals surface area contributed by atoms with Crippen LogP contribution in [-0.4, -0.2) is 9.91 Å². The average Bonchev–Trinajstić information content (AvgIpc) is 2.33. The van der Waals surface area contributed by atoms with Crippen molar-refractivity contribution in [2.75, 3.05) is 5.73 Å². The fourth-order valence-corrected chi connectivity index (χ4v) is 1.67. The second-order valence-electron chi connectivity index (χ2n) is 3.55. The number of nitrogens with zero attached hydrogens (tertiary/aromatic N) is 2. The van der Waals surface area contributed by atoms with Gasteiger partial charge in [0.2, 0.25) is 5.75 Å². The molecule has 98 valence electrons. The number of aromatic nitrogens is 1. The van der Waals surface area contributed by atoms with Crippen molar-refractivity contribution >= 4 is 34.6 Å². The van der Waals surface area contributed by atoms with Crippen LogP contribution >= 0.6 is 23.2 Å². The van der Waals surface area contributed by atoms with E-state index in [2.05, 4.69) is 4.98 Å². The van der Waals surface area contributed by atoms with E-state index in [-0.39, 0.29) is 27.2 Å². The van der Waals surface area contributed by atoms with Crippen LogP contribution in [0.25, 0.3) is 0 Å². The Bertz CT molecular complexity index is 649. The summed E-state index contributed by atoms with van der Waals surface area (Å²) in [6.45, 7) is 0.